The van der Waals surface area contributed by atoms with Crippen LogP contribution in [-0.2, 0) is 34.2 Å². The zero-order valence-corrected chi connectivity index (χ0v) is 19.0. The number of hydrogen-bond acceptors (Lipinski definition) is 7. The number of nitrogens with two attached hydrogens (primary N) is 1. The van der Waals surface area contributed by atoms with Gasteiger partial charge in [-0.1, -0.05) is 30.8 Å². The number of rotatable bonds is 9. The van der Waals surface area contributed by atoms with Gasteiger partial charge in [-0.3, -0.25) is 14.5 Å². The number of benzene rings is 1. The lowest BCUT2D eigenvalue weighted by atomic mass is 10.1. The van der Waals surface area contributed by atoms with Crippen molar-refractivity contribution in [3.63, 3.8) is 0 Å². The van der Waals surface area contributed by atoms with Gasteiger partial charge in [-0.25, -0.2) is 18.5 Å². The summed E-state index contributed by atoms with van der Waals surface area (Å²) in [4.78, 5) is 34.2. The van der Waals surface area contributed by atoms with E-state index in [0.717, 1.165) is 42.8 Å². The maximum Gasteiger partial charge on any atom is 0.256 e. The van der Waals surface area contributed by atoms with Gasteiger partial charge in [-0.15, -0.1) is 0 Å². The summed E-state index contributed by atoms with van der Waals surface area (Å²) in [5.41, 5.74) is 2.30. The number of H-pyrrole nitrogens is 1. The van der Waals surface area contributed by atoms with Gasteiger partial charge in [0.2, 0.25) is 15.9 Å². The summed E-state index contributed by atoms with van der Waals surface area (Å²) in [7, 11) is -3.71. The van der Waals surface area contributed by atoms with Crippen LogP contribution in [0.15, 0.2) is 39.1 Å². The molecule has 0 saturated carbocycles. The number of amides is 1. The Balaban J connectivity index is 1.47. The highest BCUT2D eigenvalue weighted by atomic mass is 32.2. The third kappa shape index (κ3) is 6.63. The summed E-state index contributed by atoms with van der Waals surface area (Å²) in [5.74, 6) is -0.0192. The molecular formula is C20H27N5O4S2. The van der Waals surface area contributed by atoms with E-state index in [-0.39, 0.29) is 22.1 Å². The molecule has 4 N–H and O–H groups in total. The molecule has 168 valence electrons. The lowest BCUT2D eigenvalue weighted by Crippen LogP contribution is -2.36. The van der Waals surface area contributed by atoms with Crippen molar-refractivity contribution in [3.05, 3.63) is 51.4 Å². The van der Waals surface area contributed by atoms with Crippen LogP contribution in [0.1, 0.15) is 30.2 Å². The van der Waals surface area contributed by atoms with E-state index in [1.165, 1.54) is 23.9 Å². The molecule has 31 heavy (non-hydrogen) atoms. The predicted octanol–water partition coefficient (Wildman–Crippen LogP) is 0.636. The lowest BCUT2D eigenvalue weighted by molar-refractivity contribution is -0.118. The number of hydrogen-bond donors (Lipinski definition) is 3. The average molecular weight is 466 g/mol. The van der Waals surface area contributed by atoms with Crippen molar-refractivity contribution >= 4 is 27.7 Å². The summed E-state index contributed by atoms with van der Waals surface area (Å²) >= 11 is 1.20. The highest BCUT2D eigenvalue weighted by Crippen LogP contribution is 2.18. The number of primary sulfonamides is 1. The molecule has 1 aliphatic rings. The minimum absolute atomic E-state index is 0.0568. The van der Waals surface area contributed by atoms with Gasteiger partial charge in [-0.2, -0.15) is 0 Å². The fraction of sp³-hybridized carbons (Fsp3) is 0.450. The zero-order valence-electron chi connectivity index (χ0n) is 17.4. The maximum atomic E-state index is 12.4. The molecule has 0 saturated heterocycles. The van der Waals surface area contributed by atoms with Crippen LogP contribution in [0.4, 0.5) is 0 Å². The van der Waals surface area contributed by atoms with Gasteiger partial charge < -0.3 is 10.3 Å². The number of thioether (sulfide) groups is 1. The zero-order chi connectivity index (χ0) is 22.4. The number of fused-ring (bicyclic) bond motifs is 1. The molecule has 0 bridgehead atoms. The van der Waals surface area contributed by atoms with Gasteiger partial charge in [0.25, 0.3) is 5.56 Å². The highest BCUT2D eigenvalue weighted by Gasteiger charge is 2.20. The van der Waals surface area contributed by atoms with Crippen molar-refractivity contribution in [1.29, 1.82) is 0 Å². The Hall–Kier alpha value is -2.21. The Kier molecular flexibility index (Phi) is 7.87. The number of aromatic nitrogens is 2. The van der Waals surface area contributed by atoms with Crippen LogP contribution in [0.5, 0.6) is 0 Å². The van der Waals surface area contributed by atoms with Crippen molar-refractivity contribution in [3.8, 4) is 0 Å². The van der Waals surface area contributed by atoms with Gasteiger partial charge >= 0.3 is 0 Å². The number of carbonyl (C=O) groups is 1. The molecule has 1 aromatic carbocycles. The normalized spacial score (nSPS) is 14.3. The molecule has 0 unspecified atom stereocenters. The van der Waals surface area contributed by atoms with Crippen LogP contribution in [0.25, 0.3) is 0 Å². The SMILES string of the molecule is CCCN1CCc2nc(SCC(=O)NCCc3ccc(S(N)(=O)=O)cc3)[nH]c(=O)c2C1. The van der Waals surface area contributed by atoms with Gasteiger partial charge in [0.05, 0.1) is 21.9 Å². The summed E-state index contributed by atoms with van der Waals surface area (Å²) in [5, 5.41) is 8.35. The molecule has 2 aromatic rings. The number of aromatic amines is 1. The Morgan fingerprint density at radius 2 is 2.06 bits per heavy atom. The van der Waals surface area contributed by atoms with Gasteiger partial charge in [0, 0.05) is 26.1 Å². The second kappa shape index (κ2) is 10.4. The second-order valence-corrected chi connectivity index (χ2v) is 9.93. The van der Waals surface area contributed by atoms with Crippen molar-refractivity contribution in [2.45, 2.75) is 42.8 Å². The van der Waals surface area contributed by atoms with Crippen LogP contribution >= 0.6 is 11.8 Å². The molecular weight excluding hydrogens is 438 g/mol. The monoisotopic (exact) mass is 465 g/mol. The van der Waals surface area contributed by atoms with Crippen LogP contribution in [-0.4, -0.2) is 54.6 Å². The molecule has 3 rings (SSSR count). The Morgan fingerprint density at radius 3 is 2.74 bits per heavy atom. The predicted molar refractivity (Wildman–Crippen MR) is 119 cm³/mol. The molecule has 9 nitrogen and oxygen atoms in total. The molecule has 11 heteroatoms. The molecule has 1 aliphatic heterocycles. The molecule has 0 atom stereocenters. The third-order valence-electron chi connectivity index (χ3n) is 4.99. The quantitative estimate of drug-likeness (QED) is 0.365. The van der Waals surface area contributed by atoms with E-state index in [2.05, 4.69) is 27.1 Å². The molecule has 0 radical (unpaired) electrons. The number of nitrogens with zero attached hydrogens (tertiary/aromatic N) is 2. The number of sulfonamides is 1. The summed E-state index contributed by atoms with van der Waals surface area (Å²) < 4.78 is 22.5. The fourth-order valence-corrected chi connectivity index (χ4v) is 4.64. The topological polar surface area (TPSA) is 138 Å². The summed E-state index contributed by atoms with van der Waals surface area (Å²) in [6.45, 7) is 5.00. The van der Waals surface area contributed by atoms with Crippen LogP contribution in [0.2, 0.25) is 0 Å². The molecule has 1 amide bonds. The Morgan fingerprint density at radius 1 is 1.32 bits per heavy atom. The first-order valence-electron chi connectivity index (χ1n) is 10.1. The molecule has 2 heterocycles. The van der Waals surface area contributed by atoms with Crippen molar-refractivity contribution in [2.24, 2.45) is 5.14 Å². The summed E-state index contributed by atoms with van der Waals surface area (Å²) in [6.07, 6.45) is 2.34. The van der Waals surface area contributed by atoms with E-state index in [0.29, 0.717) is 24.7 Å². The number of nitrogens with one attached hydrogen (secondary N) is 2. The summed E-state index contributed by atoms with van der Waals surface area (Å²) in [6, 6.07) is 6.23. The van der Waals surface area contributed by atoms with E-state index >= 15 is 0 Å². The first-order valence-corrected chi connectivity index (χ1v) is 12.6. The Labute approximate surface area is 185 Å². The first kappa shape index (κ1) is 23.5. The fourth-order valence-electron chi connectivity index (χ4n) is 3.41. The van der Waals surface area contributed by atoms with E-state index in [9.17, 15) is 18.0 Å². The van der Waals surface area contributed by atoms with Crippen LogP contribution < -0.4 is 16.0 Å². The van der Waals surface area contributed by atoms with Gasteiger partial charge in [-0.05, 0) is 37.1 Å². The molecule has 0 aliphatic carbocycles. The van der Waals surface area contributed by atoms with Crippen molar-refractivity contribution in [2.75, 3.05) is 25.4 Å². The van der Waals surface area contributed by atoms with Crippen LogP contribution in [0, 0.1) is 0 Å². The van der Waals surface area contributed by atoms with Crippen molar-refractivity contribution < 1.29 is 13.2 Å². The first-order chi connectivity index (χ1) is 14.8. The Bertz CT molecular complexity index is 1080. The minimum Gasteiger partial charge on any atom is -0.355 e. The van der Waals surface area contributed by atoms with Gasteiger partial charge in [0.1, 0.15) is 0 Å². The van der Waals surface area contributed by atoms with Crippen LogP contribution in [0.3, 0.4) is 0 Å². The second-order valence-electron chi connectivity index (χ2n) is 7.40. The number of carbonyl (C=O) groups excluding carboxylic acids is 1. The smallest absolute Gasteiger partial charge is 0.256 e. The molecule has 0 spiro atoms. The van der Waals surface area contributed by atoms with E-state index < -0.39 is 10.0 Å². The van der Waals surface area contributed by atoms with E-state index in [1.807, 2.05) is 0 Å². The molecule has 1 aromatic heterocycles. The molecule has 0 fully saturated rings. The highest BCUT2D eigenvalue weighted by molar-refractivity contribution is 7.99. The van der Waals surface area contributed by atoms with E-state index in [4.69, 9.17) is 5.14 Å². The minimum atomic E-state index is -3.71. The largest absolute Gasteiger partial charge is 0.355 e. The van der Waals surface area contributed by atoms with E-state index in [1.54, 1.807) is 12.1 Å². The lowest BCUT2D eigenvalue weighted by Gasteiger charge is -2.27. The van der Waals surface area contributed by atoms with Gasteiger partial charge in [0.15, 0.2) is 5.16 Å². The standard InChI is InChI=1S/C20H27N5O4S2/c1-2-10-25-11-8-17-16(12-25)19(27)24-20(23-17)30-13-18(26)22-9-7-14-3-5-15(6-4-14)31(21,28)29/h3-6H,2,7-13H2,1H3,(H,22,26)(H2,21,28,29)(H,23,24,27). The average Bonchev–Trinajstić information content (AvgIpc) is 2.73. The maximum absolute atomic E-state index is 12.4. The van der Waals surface area contributed by atoms with Crippen molar-refractivity contribution in [1.82, 2.24) is 20.2 Å². The third-order valence-corrected chi connectivity index (χ3v) is 6.80.